The van der Waals surface area contributed by atoms with Crippen LogP contribution < -0.4 is 9.62 Å². The molecule has 1 aliphatic rings. The van der Waals surface area contributed by atoms with Gasteiger partial charge >= 0.3 is 0 Å². The van der Waals surface area contributed by atoms with E-state index in [2.05, 4.69) is 5.32 Å². The molecule has 0 bridgehead atoms. The lowest BCUT2D eigenvalue weighted by Crippen LogP contribution is -2.43. The molecular weight excluding hydrogens is 400 g/mol. The summed E-state index contributed by atoms with van der Waals surface area (Å²) in [5, 5.41) is 3.22. The maximum atomic E-state index is 13.3. The van der Waals surface area contributed by atoms with Crippen LogP contribution in [-0.2, 0) is 19.6 Å². The van der Waals surface area contributed by atoms with Gasteiger partial charge in [-0.3, -0.25) is 9.10 Å². The Morgan fingerprint density at radius 3 is 2.64 bits per heavy atom. The Hall–Kier alpha value is -2.09. The second-order valence-electron chi connectivity index (χ2n) is 6.65. The van der Waals surface area contributed by atoms with Gasteiger partial charge < -0.3 is 10.1 Å². The average Bonchev–Trinajstić information content (AvgIpc) is 3.21. The molecule has 0 radical (unpaired) electrons. The highest BCUT2D eigenvalue weighted by Crippen LogP contribution is 2.30. The van der Waals surface area contributed by atoms with Crippen LogP contribution in [0.5, 0.6) is 0 Å². The van der Waals surface area contributed by atoms with Crippen molar-refractivity contribution in [1.29, 1.82) is 0 Å². The number of hydrogen-bond donors (Lipinski definition) is 1. The van der Waals surface area contributed by atoms with E-state index in [1.165, 1.54) is 12.1 Å². The van der Waals surface area contributed by atoms with Gasteiger partial charge in [0.2, 0.25) is 5.91 Å². The highest BCUT2D eigenvalue weighted by molar-refractivity contribution is 7.92. The Morgan fingerprint density at radius 2 is 1.96 bits per heavy atom. The SMILES string of the molecule is Cc1c(Cl)cccc1N(CC(=O)NCC1CCCO1)S(=O)(=O)c1ccccc1. The van der Waals surface area contributed by atoms with Crippen LogP contribution in [0, 0.1) is 6.92 Å². The van der Waals surface area contributed by atoms with Crippen molar-refractivity contribution in [3.8, 4) is 0 Å². The Bertz CT molecular complexity index is 928. The first-order chi connectivity index (χ1) is 13.4. The monoisotopic (exact) mass is 422 g/mol. The van der Waals surface area contributed by atoms with Crippen molar-refractivity contribution in [2.24, 2.45) is 0 Å². The molecule has 0 aromatic heterocycles. The second-order valence-corrected chi connectivity index (χ2v) is 8.92. The van der Waals surface area contributed by atoms with Gasteiger partial charge in [-0.15, -0.1) is 0 Å². The summed E-state index contributed by atoms with van der Waals surface area (Å²) >= 11 is 6.20. The Labute approximate surface area is 170 Å². The van der Waals surface area contributed by atoms with Crippen molar-refractivity contribution in [3.63, 3.8) is 0 Å². The van der Waals surface area contributed by atoms with E-state index in [4.69, 9.17) is 16.3 Å². The second kappa shape index (κ2) is 8.94. The molecule has 1 saturated heterocycles. The third-order valence-electron chi connectivity index (χ3n) is 4.68. The van der Waals surface area contributed by atoms with Crippen LogP contribution in [0.1, 0.15) is 18.4 Å². The van der Waals surface area contributed by atoms with Gasteiger partial charge in [-0.05, 0) is 49.6 Å². The maximum absolute atomic E-state index is 13.3. The summed E-state index contributed by atoms with van der Waals surface area (Å²) < 4.78 is 33.1. The minimum absolute atomic E-state index is 0.0176. The van der Waals surface area contributed by atoms with E-state index in [0.29, 0.717) is 29.4 Å². The normalized spacial score (nSPS) is 16.7. The summed E-state index contributed by atoms with van der Waals surface area (Å²) in [5.41, 5.74) is 0.971. The van der Waals surface area contributed by atoms with Crippen LogP contribution in [0.15, 0.2) is 53.4 Å². The van der Waals surface area contributed by atoms with Crippen molar-refractivity contribution < 1.29 is 17.9 Å². The number of carbonyl (C=O) groups is 1. The van der Waals surface area contributed by atoms with E-state index in [9.17, 15) is 13.2 Å². The molecule has 1 atom stereocenters. The van der Waals surface area contributed by atoms with Gasteiger partial charge in [-0.25, -0.2) is 8.42 Å². The van der Waals surface area contributed by atoms with Crippen molar-refractivity contribution in [2.75, 3.05) is 24.0 Å². The molecule has 1 heterocycles. The van der Waals surface area contributed by atoms with Crippen LogP contribution in [0.3, 0.4) is 0 Å². The minimum Gasteiger partial charge on any atom is -0.376 e. The summed E-state index contributed by atoms with van der Waals surface area (Å²) in [6, 6.07) is 13.0. The molecule has 1 N–H and O–H groups in total. The van der Waals surface area contributed by atoms with Gasteiger partial charge in [-0.2, -0.15) is 0 Å². The highest BCUT2D eigenvalue weighted by Gasteiger charge is 2.29. The standard InChI is InChI=1S/C20H23ClN2O4S/c1-15-18(21)10-5-11-19(15)23(28(25,26)17-8-3-2-4-9-17)14-20(24)22-13-16-7-6-12-27-16/h2-5,8-11,16H,6-7,12-14H2,1H3,(H,22,24). The molecular formula is C20H23ClN2O4S. The van der Waals surface area contributed by atoms with Crippen LogP contribution in [0.4, 0.5) is 5.69 Å². The molecule has 1 aliphatic heterocycles. The van der Waals surface area contributed by atoms with Crippen LogP contribution in [-0.4, -0.2) is 40.1 Å². The summed E-state index contributed by atoms with van der Waals surface area (Å²) in [7, 11) is -3.94. The molecule has 6 nitrogen and oxygen atoms in total. The van der Waals surface area contributed by atoms with E-state index < -0.39 is 15.9 Å². The minimum atomic E-state index is -3.94. The molecule has 2 aromatic carbocycles. The number of ether oxygens (including phenoxy) is 1. The first kappa shape index (κ1) is 20.6. The lowest BCUT2D eigenvalue weighted by molar-refractivity contribution is -0.120. The molecule has 1 amide bonds. The van der Waals surface area contributed by atoms with Crippen molar-refractivity contribution in [1.82, 2.24) is 5.32 Å². The fourth-order valence-corrected chi connectivity index (χ4v) is 4.77. The molecule has 3 rings (SSSR count). The molecule has 1 fully saturated rings. The predicted octanol–water partition coefficient (Wildman–Crippen LogP) is 3.14. The summed E-state index contributed by atoms with van der Waals surface area (Å²) in [5.74, 6) is -0.394. The number of hydrogen-bond acceptors (Lipinski definition) is 4. The third-order valence-corrected chi connectivity index (χ3v) is 6.86. The fourth-order valence-electron chi connectivity index (χ4n) is 3.10. The van der Waals surface area contributed by atoms with E-state index >= 15 is 0 Å². The number of anilines is 1. The predicted molar refractivity (Wildman–Crippen MR) is 109 cm³/mol. The molecule has 2 aromatic rings. The fraction of sp³-hybridized carbons (Fsp3) is 0.350. The zero-order chi connectivity index (χ0) is 20.1. The molecule has 28 heavy (non-hydrogen) atoms. The van der Waals surface area contributed by atoms with Gasteiger partial charge in [0.1, 0.15) is 6.54 Å². The third kappa shape index (κ3) is 4.66. The van der Waals surface area contributed by atoms with Crippen molar-refractivity contribution in [2.45, 2.75) is 30.8 Å². The van der Waals surface area contributed by atoms with Crippen LogP contribution >= 0.6 is 11.6 Å². The topological polar surface area (TPSA) is 75.7 Å². The van der Waals surface area contributed by atoms with E-state index in [1.54, 1.807) is 43.3 Å². The van der Waals surface area contributed by atoms with E-state index in [1.807, 2.05) is 0 Å². The number of carbonyl (C=O) groups excluding carboxylic acids is 1. The lowest BCUT2D eigenvalue weighted by atomic mass is 10.2. The van der Waals surface area contributed by atoms with Crippen molar-refractivity contribution in [3.05, 3.63) is 59.1 Å². The quantitative estimate of drug-likeness (QED) is 0.743. The first-order valence-electron chi connectivity index (χ1n) is 9.11. The number of nitrogens with zero attached hydrogens (tertiary/aromatic N) is 1. The Balaban J connectivity index is 1.88. The molecule has 0 spiro atoms. The van der Waals surface area contributed by atoms with Crippen molar-refractivity contribution >= 4 is 33.2 Å². The number of rotatable bonds is 7. The van der Waals surface area contributed by atoms with Gasteiger partial charge in [0.15, 0.2) is 0 Å². The Morgan fingerprint density at radius 1 is 1.21 bits per heavy atom. The largest absolute Gasteiger partial charge is 0.376 e. The van der Waals surface area contributed by atoms with Gasteiger partial charge in [-0.1, -0.05) is 35.9 Å². The zero-order valence-corrected chi connectivity index (χ0v) is 17.2. The zero-order valence-electron chi connectivity index (χ0n) is 15.6. The molecule has 8 heteroatoms. The van der Waals surface area contributed by atoms with E-state index in [-0.39, 0.29) is 17.5 Å². The molecule has 0 saturated carbocycles. The molecule has 1 unspecified atom stereocenters. The van der Waals surface area contributed by atoms with Gasteiger partial charge in [0.05, 0.1) is 16.7 Å². The first-order valence-corrected chi connectivity index (χ1v) is 10.9. The number of benzene rings is 2. The Kier molecular flexibility index (Phi) is 6.59. The van der Waals surface area contributed by atoms with E-state index in [0.717, 1.165) is 17.1 Å². The smallest absolute Gasteiger partial charge is 0.264 e. The molecule has 150 valence electrons. The number of halogens is 1. The van der Waals surface area contributed by atoms with Crippen LogP contribution in [0.25, 0.3) is 0 Å². The van der Waals surface area contributed by atoms with Gasteiger partial charge in [0, 0.05) is 18.2 Å². The number of sulfonamides is 1. The summed E-state index contributed by atoms with van der Waals surface area (Å²) in [6.45, 7) is 2.45. The summed E-state index contributed by atoms with van der Waals surface area (Å²) in [4.78, 5) is 12.7. The number of amides is 1. The number of nitrogens with one attached hydrogen (secondary N) is 1. The maximum Gasteiger partial charge on any atom is 0.264 e. The van der Waals surface area contributed by atoms with Gasteiger partial charge in [0.25, 0.3) is 10.0 Å². The lowest BCUT2D eigenvalue weighted by Gasteiger charge is -2.26. The van der Waals surface area contributed by atoms with Crippen LogP contribution in [0.2, 0.25) is 5.02 Å². The summed E-state index contributed by atoms with van der Waals surface area (Å²) in [6.07, 6.45) is 1.84. The highest BCUT2D eigenvalue weighted by atomic mass is 35.5. The molecule has 0 aliphatic carbocycles. The average molecular weight is 423 g/mol.